The molecular formula is C58H44N2O. The van der Waals surface area contributed by atoms with E-state index < -0.39 is 0 Å². The molecule has 2 aromatic heterocycles. The molecular weight excluding hydrogens is 741 g/mol. The maximum atomic E-state index is 6.48. The normalized spacial score (nSPS) is 13.5. The number of benzene rings is 9. The minimum Gasteiger partial charge on any atom is -0.456 e. The quantitative estimate of drug-likeness (QED) is 0.161. The second-order valence-electron chi connectivity index (χ2n) is 16.7. The van der Waals surface area contributed by atoms with E-state index in [1.54, 1.807) is 0 Å². The summed E-state index contributed by atoms with van der Waals surface area (Å²) in [5.74, 6) is 0.568. The summed E-state index contributed by atoms with van der Waals surface area (Å²) in [6, 6.07) is 73.4. The van der Waals surface area contributed by atoms with Crippen molar-refractivity contribution in [2.75, 3.05) is 4.90 Å². The van der Waals surface area contributed by atoms with Crippen molar-refractivity contribution in [1.29, 1.82) is 0 Å². The van der Waals surface area contributed by atoms with Gasteiger partial charge in [-0.1, -0.05) is 159 Å². The predicted molar refractivity (Wildman–Crippen MR) is 257 cm³/mol. The van der Waals surface area contributed by atoms with Crippen molar-refractivity contribution in [3.8, 4) is 27.9 Å². The van der Waals surface area contributed by atoms with E-state index in [-0.39, 0.29) is 0 Å². The Morgan fingerprint density at radius 2 is 1.08 bits per heavy atom. The molecule has 0 atom stereocenters. The van der Waals surface area contributed by atoms with Crippen LogP contribution in [0.4, 0.5) is 17.1 Å². The molecule has 1 aliphatic rings. The zero-order valence-electron chi connectivity index (χ0n) is 34.0. The molecule has 0 saturated heterocycles. The maximum absolute atomic E-state index is 6.48. The Balaban J connectivity index is 1.13. The molecule has 0 amide bonds. The van der Waals surface area contributed by atoms with Crippen molar-refractivity contribution in [3.63, 3.8) is 0 Å². The molecule has 0 radical (unpaired) electrons. The monoisotopic (exact) mass is 784 g/mol. The van der Waals surface area contributed by atoms with Crippen LogP contribution >= 0.6 is 0 Å². The lowest BCUT2D eigenvalue weighted by atomic mass is 9.80. The van der Waals surface area contributed by atoms with E-state index in [0.29, 0.717) is 5.92 Å². The second kappa shape index (κ2) is 14.7. The zero-order chi connectivity index (χ0) is 40.3. The summed E-state index contributed by atoms with van der Waals surface area (Å²) in [7, 11) is 0. The first kappa shape index (κ1) is 35.6. The molecule has 0 spiro atoms. The van der Waals surface area contributed by atoms with Gasteiger partial charge in [-0.3, -0.25) is 0 Å². The highest BCUT2D eigenvalue weighted by Gasteiger charge is 2.25. The number of furan rings is 1. The van der Waals surface area contributed by atoms with Gasteiger partial charge in [0, 0.05) is 44.0 Å². The third-order valence-corrected chi connectivity index (χ3v) is 13.2. The molecule has 1 aliphatic carbocycles. The van der Waals surface area contributed by atoms with Gasteiger partial charge < -0.3 is 13.9 Å². The van der Waals surface area contributed by atoms with Crippen molar-refractivity contribution in [2.24, 2.45) is 0 Å². The van der Waals surface area contributed by atoms with Crippen molar-refractivity contribution >= 4 is 71.6 Å². The van der Waals surface area contributed by atoms with Gasteiger partial charge in [-0.15, -0.1) is 0 Å². The lowest BCUT2D eigenvalue weighted by Gasteiger charge is -2.31. The van der Waals surface area contributed by atoms with Crippen LogP contribution < -0.4 is 4.90 Å². The lowest BCUT2D eigenvalue weighted by Crippen LogP contribution is -2.13. The lowest BCUT2D eigenvalue weighted by molar-refractivity contribution is 0.445. The minimum absolute atomic E-state index is 0.568. The van der Waals surface area contributed by atoms with Crippen LogP contribution in [0.5, 0.6) is 0 Å². The fourth-order valence-electron chi connectivity index (χ4n) is 10.4. The minimum atomic E-state index is 0.568. The Morgan fingerprint density at radius 3 is 1.93 bits per heavy atom. The molecule has 0 unspecified atom stereocenters. The van der Waals surface area contributed by atoms with E-state index in [4.69, 9.17) is 4.42 Å². The van der Waals surface area contributed by atoms with E-state index in [1.165, 1.54) is 81.4 Å². The van der Waals surface area contributed by atoms with Crippen LogP contribution in [-0.2, 0) is 0 Å². The van der Waals surface area contributed by atoms with E-state index in [1.807, 2.05) is 6.07 Å². The fraction of sp³-hybridized carbons (Fsp3) is 0.103. The van der Waals surface area contributed by atoms with Gasteiger partial charge in [0.15, 0.2) is 0 Å². The number of hydrogen-bond acceptors (Lipinski definition) is 2. The van der Waals surface area contributed by atoms with Gasteiger partial charge in [-0.25, -0.2) is 0 Å². The zero-order valence-corrected chi connectivity index (χ0v) is 34.0. The smallest absolute Gasteiger partial charge is 0.136 e. The van der Waals surface area contributed by atoms with E-state index in [0.717, 1.165) is 55.8 Å². The highest BCUT2D eigenvalue weighted by atomic mass is 16.3. The summed E-state index contributed by atoms with van der Waals surface area (Å²) < 4.78 is 8.90. The van der Waals surface area contributed by atoms with Crippen LogP contribution in [-0.4, -0.2) is 4.57 Å². The molecule has 61 heavy (non-hydrogen) atoms. The van der Waals surface area contributed by atoms with Gasteiger partial charge in [0.05, 0.1) is 22.4 Å². The van der Waals surface area contributed by atoms with Gasteiger partial charge in [-0.05, 0) is 107 Å². The summed E-state index contributed by atoms with van der Waals surface area (Å²) in [4.78, 5) is 2.50. The summed E-state index contributed by atoms with van der Waals surface area (Å²) >= 11 is 0. The van der Waals surface area contributed by atoms with Crippen LogP contribution in [0.25, 0.3) is 82.5 Å². The molecule has 0 bridgehead atoms. The Bertz CT molecular complexity index is 3420. The molecule has 11 aromatic rings. The number of fused-ring (bicyclic) bond motifs is 7. The molecule has 9 aromatic carbocycles. The van der Waals surface area contributed by atoms with E-state index >= 15 is 0 Å². The Hall–Kier alpha value is -7.36. The largest absolute Gasteiger partial charge is 0.456 e. The van der Waals surface area contributed by atoms with Gasteiger partial charge in [0.1, 0.15) is 11.2 Å². The number of nitrogens with zero attached hydrogens (tertiary/aromatic N) is 2. The van der Waals surface area contributed by atoms with Crippen molar-refractivity contribution in [1.82, 2.24) is 4.57 Å². The molecule has 0 aliphatic heterocycles. The highest BCUT2D eigenvalue weighted by molar-refractivity contribution is 6.12. The summed E-state index contributed by atoms with van der Waals surface area (Å²) in [5.41, 5.74) is 14.8. The molecule has 1 fully saturated rings. The van der Waals surface area contributed by atoms with Crippen molar-refractivity contribution in [2.45, 2.75) is 38.0 Å². The SMILES string of the molecule is c1ccc(-n2c3ccccc3c3ccc(N(c4ccccc4-c4ccc5c(c4)oc4ccccc45)c4ccccc4-c4cccc5cccc(C6CCCCC6)c45)cc32)cc1. The second-order valence-corrected chi connectivity index (χ2v) is 16.7. The molecule has 1 saturated carbocycles. The number of hydrogen-bond donors (Lipinski definition) is 0. The van der Waals surface area contributed by atoms with Crippen LogP contribution in [0.3, 0.4) is 0 Å². The Labute approximate surface area is 355 Å². The van der Waals surface area contributed by atoms with Gasteiger partial charge >= 0.3 is 0 Å². The van der Waals surface area contributed by atoms with E-state index in [2.05, 4.69) is 204 Å². The number of anilines is 3. The topological polar surface area (TPSA) is 21.3 Å². The average Bonchev–Trinajstić information content (AvgIpc) is 3.87. The first-order valence-electron chi connectivity index (χ1n) is 21.8. The number of aromatic nitrogens is 1. The summed E-state index contributed by atoms with van der Waals surface area (Å²) in [6.07, 6.45) is 6.43. The highest BCUT2D eigenvalue weighted by Crippen LogP contribution is 2.49. The maximum Gasteiger partial charge on any atom is 0.136 e. The van der Waals surface area contributed by atoms with Crippen molar-refractivity contribution in [3.05, 3.63) is 206 Å². The third-order valence-electron chi connectivity index (χ3n) is 13.2. The average molecular weight is 785 g/mol. The van der Waals surface area contributed by atoms with Gasteiger partial charge in [0.2, 0.25) is 0 Å². The summed E-state index contributed by atoms with van der Waals surface area (Å²) in [5, 5.41) is 7.42. The van der Waals surface area contributed by atoms with Gasteiger partial charge in [0.25, 0.3) is 0 Å². The molecule has 0 N–H and O–H groups in total. The fourth-order valence-corrected chi connectivity index (χ4v) is 10.4. The van der Waals surface area contributed by atoms with Crippen molar-refractivity contribution < 1.29 is 4.42 Å². The van der Waals surface area contributed by atoms with E-state index in [9.17, 15) is 0 Å². The molecule has 3 heteroatoms. The van der Waals surface area contributed by atoms with Gasteiger partial charge in [-0.2, -0.15) is 0 Å². The van der Waals surface area contributed by atoms with Crippen LogP contribution in [0.15, 0.2) is 205 Å². The third kappa shape index (κ3) is 5.95. The Kier molecular flexibility index (Phi) is 8.59. The molecule has 2 heterocycles. The molecule has 292 valence electrons. The molecule has 3 nitrogen and oxygen atoms in total. The Morgan fingerprint density at radius 1 is 0.443 bits per heavy atom. The number of rotatable bonds is 7. The first-order valence-corrected chi connectivity index (χ1v) is 21.8. The first-order chi connectivity index (χ1) is 30.3. The van der Waals surface area contributed by atoms with Crippen LogP contribution in [0, 0.1) is 0 Å². The number of para-hydroxylation sites is 5. The van der Waals surface area contributed by atoms with Crippen LogP contribution in [0.1, 0.15) is 43.6 Å². The summed E-state index contributed by atoms with van der Waals surface area (Å²) in [6.45, 7) is 0. The van der Waals surface area contributed by atoms with Crippen LogP contribution in [0.2, 0.25) is 0 Å². The molecule has 12 rings (SSSR count). The standard InChI is InChI=1S/C58H44N2O/c1-3-17-39(18-4-1)45-27-15-19-40-20-16-28-51(58(40)45)47-25-9-13-31-54(47)60(43-34-36-48-46-24-8-12-30-53(46)59(55(48)38-43)42-21-5-2-6-22-42)52-29-11-7-23-44(52)41-33-35-50-49-26-10-14-32-56(49)61-57(50)37-41/h2,5-16,19-39H,1,3-4,17-18H2. The predicted octanol–water partition coefficient (Wildman–Crippen LogP) is 16.7.